The lowest BCUT2D eigenvalue weighted by Gasteiger charge is -2.10. The van der Waals surface area contributed by atoms with Crippen LogP contribution in [0.25, 0.3) is 0 Å². The molecule has 0 atom stereocenters. The Hall–Kier alpha value is -4.26. The molecular weight excluding hydrogens is 388 g/mol. The van der Waals surface area contributed by atoms with E-state index < -0.39 is 0 Å². The van der Waals surface area contributed by atoms with Crippen molar-refractivity contribution < 1.29 is 4.79 Å². The highest BCUT2D eigenvalue weighted by atomic mass is 16.1. The van der Waals surface area contributed by atoms with Gasteiger partial charge in [-0.2, -0.15) is 0 Å². The van der Waals surface area contributed by atoms with Crippen LogP contribution in [0.15, 0.2) is 79.3 Å². The van der Waals surface area contributed by atoms with Crippen molar-refractivity contribution in [2.75, 3.05) is 16.0 Å². The predicted molar refractivity (Wildman–Crippen MR) is 123 cm³/mol. The van der Waals surface area contributed by atoms with Crippen LogP contribution in [0.2, 0.25) is 0 Å². The summed E-state index contributed by atoms with van der Waals surface area (Å²) >= 11 is 0. The lowest BCUT2D eigenvalue weighted by atomic mass is 10.1. The highest BCUT2D eigenvalue weighted by molar-refractivity contribution is 6.05. The molecule has 0 unspecified atom stereocenters. The molecule has 2 aromatic carbocycles. The van der Waals surface area contributed by atoms with Crippen molar-refractivity contribution in [2.24, 2.45) is 0 Å². The minimum Gasteiger partial charge on any atom is -0.340 e. The first kappa shape index (κ1) is 20.0. The number of rotatable bonds is 6. The average molecular weight is 410 g/mol. The third kappa shape index (κ3) is 5.22. The molecule has 4 rings (SSSR count). The molecule has 3 N–H and O–H groups in total. The van der Waals surface area contributed by atoms with E-state index >= 15 is 0 Å². The van der Waals surface area contributed by atoms with Crippen LogP contribution >= 0.6 is 0 Å². The van der Waals surface area contributed by atoms with Gasteiger partial charge in [0.1, 0.15) is 23.8 Å². The third-order valence-electron chi connectivity index (χ3n) is 4.64. The summed E-state index contributed by atoms with van der Waals surface area (Å²) in [4.78, 5) is 25.2. The van der Waals surface area contributed by atoms with Gasteiger partial charge in [-0.15, -0.1) is 0 Å². The second-order valence-electron chi connectivity index (χ2n) is 7.10. The van der Waals surface area contributed by atoms with Gasteiger partial charge in [-0.3, -0.25) is 4.79 Å². The largest absolute Gasteiger partial charge is 0.340 e. The molecule has 0 bridgehead atoms. The minimum absolute atomic E-state index is 0.130. The predicted octanol–water partition coefficient (Wildman–Crippen LogP) is 5.23. The Morgan fingerprint density at radius 2 is 1.42 bits per heavy atom. The summed E-state index contributed by atoms with van der Waals surface area (Å²) < 4.78 is 0. The first-order valence-corrected chi connectivity index (χ1v) is 9.82. The number of aryl methyl sites for hydroxylation is 2. The fourth-order valence-corrected chi connectivity index (χ4v) is 3.04. The number of hydrogen-bond acceptors (Lipinski definition) is 6. The highest BCUT2D eigenvalue weighted by Crippen LogP contribution is 2.21. The Morgan fingerprint density at radius 3 is 2.16 bits per heavy atom. The van der Waals surface area contributed by atoms with Crippen LogP contribution in [0.4, 0.5) is 28.8 Å². The highest BCUT2D eigenvalue weighted by Gasteiger charge is 2.08. The van der Waals surface area contributed by atoms with Crippen LogP contribution < -0.4 is 16.0 Å². The fourth-order valence-electron chi connectivity index (χ4n) is 3.04. The van der Waals surface area contributed by atoms with E-state index in [-0.39, 0.29) is 5.91 Å². The molecule has 0 saturated heterocycles. The normalized spacial score (nSPS) is 10.4. The quantitative estimate of drug-likeness (QED) is 0.403. The molecule has 0 aliphatic carbocycles. The maximum absolute atomic E-state index is 12.5. The zero-order valence-electron chi connectivity index (χ0n) is 17.3. The Kier molecular flexibility index (Phi) is 5.84. The van der Waals surface area contributed by atoms with Crippen LogP contribution in [-0.2, 0) is 0 Å². The Morgan fingerprint density at radius 1 is 0.742 bits per heavy atom. The number of anilines is 5. The van der Waals surface area contributed by atoms with Gasteiger partial charge in [0.25, 0.3) is 5.91 Å². The molecule has 2 heterocycles. The lowest BCUT2D eigenvalue weighted by molar-refractivity contribution is 0.102. The van der Waals surface area contributed by atoms with E-state index in [9.17, 15) is 4.79 Å². The summed E-state index contributed by atoms with van der Waals surface area (Å²) in [6.45, 7) is 3.93. The molecule has 0 fully saturated rings. The summed E-state index contributed by atoms with van der Waals surface area (Å²) in [6, 6.07) is 20.6. The Labute approximate surface area is 180 Å². The molecule has 31 heavy (non-hydrogen) atoms. The molecule has 7 heteroatoms. The molecule has 2 aromatic heterocycles. The number of benzene rings is 2. The van der Waals surface area contributed by atoms with Crippen molar-refractivity contribution >= 4 is 34.7 Å². The molecule has 0 saturated carbocycles. The van der Waals surface area contributed by atoms with Crippen molar-refractivity contribution in [3.05, 3.63) is 95.9 Å². The average Bonchev–Trinajstić information content (AvgIpc) is 2.76. The molecule has 0 aliphatic heterocycles. The van der Waals surface area contributed by atoms with E-state index in [1.54, 1.807) is 12.3 Å². The van der Waals surface area contributed by atoms with Crippen LogP contribution in [0, 0.1) is 13.8 Å². The third-order valence-corrected chi connectivity index (χ3v) is 4.64. The van der Waals surface area contributed by atoms with E-state index in [2.05, 4.69) is 30.9 Å². The van der Waals surface area contributed by atoms with Gasteiger partial charge >= 0.3 is 0 Å². The van der Waals surface area contributed by atoms with Gasteiger partial charge in [0, 0.05) is 29.2 Å². The van der Waals surface area contributed by atoms with Crippen molar-refractivity contribution in [2.45, 2.75) is 13.8 Å². The maximum Gasteiger partial charge on any atom is 0.255 e. The molecule has 0 aliphatic rings. The van der Waals surface area contributed by atoms with Crippen molar-refractivity contribution in [3.8, 4) is 0 Å². The van der Waals surface area contributed by atoms with Crippen molar-refractivity contribution in [3.63, 3.8) is 0 Å². The minimum atomic E-state index is -0.130. The van der Waals surface area contributed by atoms with E-state index in [0.29, 0.717) is 17.2 Å². The van der Waals surface area contributed by atoms with Gasteiger partial charge in [0.15, 0.2) is 0 Å². The van der Waals surface area contributed by atoms with Gasteiger partial charge < -0.3 is 16.0 Å². The topological polar surface area (TPSA) is 91.8 Å². The summed E-state index contributed by atoms with van der Waals surface area (Å²) in [5, 5.41) is 9.33. The standard InChI is InChI=1S/C24H22N6O/c1-16-11-12-25-21(13-16)30-23-14-22(26-15-27-23)28-18-7-9-19(10-8-18)29-24(31)20-6-4-3-5-17(20)2/h3-15H,1-2H3,(H,29,31)(H2,25,26,27,28,30). The molecular formula is C24H22N6O. The van der Waals surface area contributed by atoms with E-state index in [1.807, 2.05) is 74.5 Å². The molecule has 7 nitrogen and oxygen atoms in total. The number of pyridine rings is 1. The number of amides is 1. The molecule has 0 spiro atoms. The smallest absolute Gasteiger partial charge is 0.255 e. The lowest BCUT2D eigenvalue weighted by Crippen LogP contribution is -2.13. The Balaban J connectivity index is 1.41. The van der Waals surface area contributed by atoms with Crippen molar-refractivity contribution in [1.29, 1.82) is 0 Å². The monoisotopic (exact) mass is 410 g/mol. The van der Waals surface area contributed by atoms with Gasteiger partial charge in [-0.1, -0.05) is 18.2 Å². The van der Waals surface area contributed by atoms with Gasteiger partial charge in [-0.05, 0) is 67.4 Å². The number of nitrogens with zero attached hydrogens (tertiary/aromatic N) is 3. The van der Waals surface area contributed by atoms with Crippen LogP contribution in [-0.4, -0.2) is 20.9 Å². The number of carbonyl (C=O) groups is 1. The van der Waals surface area contributed by atoms with E-state index in [4.69, 9.17) is 0 Å². The number of hydrogen-bond donors (Lipinski definition) is 3. The number of nitrogens with one attached hydrogen (secondary N) is 3. The maximum atomic E-state index is 12.5. The first-order chi connectivity index (χ1) is 15.1. The Bertz CT molecular complexity index is 1210. The van der Waals surface area contributed by atoms with Crippen LogP contribution in [0.1, 0.15) is 21.5 Å². The van der Waals surface area contributed by atoms with Crippen LogP contribution in [0.3, 0.4) is 0 Å². The molecule has 4 aromatic rings. The second kappa shape index (κ2) is 9.04. The zero-order chi connectivity index (χ0) is 21.6. The van der Waals surface area contributed by atoms with Gasteiger partial charge in [0.2, 0.25) is 0 Å². The summed E-state index contributed by atoms with van der Waals surface area (Å²) in [5.41, 5.74) is 4.27. The summed E-state index contributed by atoms with van der Waals surface area (Å²) in [6.07, 6.45) is 3.23. The molecule has 154 valence electrons. The van der Waals surface area contributed by atoms with Gasteiger partial charge in [-0.25, -0.2) is 15.0 Å². The number of carbonyl (C=O) groups excluding carboxylic acids is 1. The second-order valence-corrected chi connectivity index (χ2v) is 7.10. The zero-order valence-corrected chi connectivity index (χ0v) is 17.3. The summed E-state index contributed by atoms with van der Waals surface area (Å²) in [7, 11) is 0. The van der Waals surface area contributed by atoms with E-state index in [1.165, 1.54) is 6.33 Å². The van der Waals surface area contributed by atoms with Crippen LogP contribution in [0.5, 0.6) is 0 Å². The first-order valence-electron chi connectivity index (χ1n) is 9.82. The van der Waals surface area contributed by atoms with Crippen molar-refractivity contribution in [1.82, 2.24) is 15.0 Å². The molecule has 1 amide bonds. The van der Waals surface area contributed by atoms with Gasteiger partial charge in [0.05, 0.1) is 0 Å². The SMILES string of the molecule is Cc1ccnc(Nc2cc(Nc3ccc(NC(=O)c4ccccc4C)cc3)ncn2)c1. The molecule has 0 radical (unpaired) electrons. The van der Waals surface area contributed by atoms with E-state index in [0.717, 1.165) is 28.3 Å². The summed E-state index contributed by atoms with van der Waals surface area (Å²) in [5.74, 6) is 1.87. The fraction of sp³-hybridized carbons (Fsp3) is 0.0833. The number of aromatic nitrogens is 3.